The normalized spacial score (nSPS) is 24.9. The van der Waals surface area contributed by atoms with Gasteiger partial charge in [-0.1, -0.05) is 0 Å². The highest BCUT2D eigenvalue weighted by atomic mass is 16.4. The van der Waals surface area contributed by atoms with Gasteiger partial charge in [-0.3, -0.25) is 4.79 Å². The van der Waals surface area contributed by atoms with Crippen molar-refractivity contribution >= 4 is 5.97 Å². The number of nitrogens with zero attached hydrogens (tertiary/aromatic N) is 1. The molecule has 1 aliphatic rings. The monoisotopic (exact) mass is 200 g/mol. The van der Waals surface area contributed by atoms with E-state index in [9.17, 15) is 4.79 Å². The summed E-state index contributed by atoms with van der Waals surface area (Å²) in [6.45, 7) is 5.92. The molecule has 0 amide bonds. The number of hydrogen-bond donors (Lipinski definition) is 2. The molecule has 0 aliphatic carbocycles. The van der Waals surface area contributed by atoms with E-state index in [0.29, 0.717) is 6.54 Å². The summed E-state index contributed by atoms with van der Waals surface area (Å²) in [7, 11) is 0. The zero-order chi connectivity index (χ0) is 10.8. The Balaban J connectivity index is 2.47. The summed E-state index contributed by atoms with van der Waals surface area (Å²) >= 11 is 0. The van der Waals surface area contributed by atoms with Crippen LogP contribution in [0.25, 0.3) is 0 Å². The minimum Gasteiger partial charge on any atom is -0.481 e. The van der Waals surface area contributed by atoms with Crippen molar-refractivity contribution in [3.8, 4) is 0 Å². The van der Waals surface area contributed by atoms with Crippen LogP contribution in [0, 0.1) is 5.41 Å². The predicted molar refractivity (Wildman–Crippen MR) is 55.1 cm³/mol. The number of likely N-dealkylation sites (tertiary alicyclic amines) is 1. The number of carboxylic acids is 1. The molecule has 1 heterocycles. The summed E-state index contributed by atoms with van der Waals surface area (Å²) in [5, 5.41) is 8.98. The van der Waals surface area contributed by atoms with Crippen LogP contribution in [-0.2, 0) is 4.79 Å². The van der Waals surface area contributed by atoms with Gasteiger partial charge in [0.15, 0.2) is 0 Å². The highest BCUT2D eigenvalue weighted by Crippen LogP contribution is 2.19. The van der Waals surface area contributed by atoms with Crippen molar-refractivity contribution in [1.82, 2.24) is 4.90 Å². The van der Waals surface area contributed by atoms with Crippen LogP contribution >= 0.6 is 0 Å². The predicted octanol–water partition coefficient (Wildman–Crippen LogP) is 0.520. The van der Waals surface area contributed by atoms with Gasteiger partial charge in [-0.25, -0.2) is 0 Å². The molecule has 4 heteroatoms. The molecule has 4 nitrogen and oxygen atoms in total. The van der Waals surface area contributed by atoms with Gasteiger partial charge in [0.2, 0.25) is 0 Å². The maximum absolute atomic E-state index is 10.9. The van der Waals surface area contributed by atoms with Crippen molar-refractivity contribution in [1.29, 1.82) is 0 Å². The van der Waals surface area contributed by atoms with E-state index in [1.54, 1.807) is 13.8 Å². The first-order chi connectivity index (χ1) is 6.42. The first-order valence-electron chi connectivity index (χ1n) is 5.13. The van der Waals surface area contributed by atoms with Crippen LogP contribution in [0.15, 0.2) is 0 Å². The zero-order valence-electron chi connectivity index (χ0n) is 8.99. The summed E-state index contributed by atoms with van der Waals surface area (Å²) in [5.74, 6) is -0.739. The topological polar surface area (TPSA) is 66.6 Å². The second-order valence-electron chi connectivity index (χ2n) is 4.83. The van der Waals surface area contributed by atoms with Gasteiger partial charge < -0.3 is 15.7 Å². The summed E-state index contributed by atoms with van der Waals surface area (Å²) in [6.07, 6.45) is 2.14. The van der Waals surface area contributed by atoms with E-state index in [-0.39, 0.29) is 6.04 Å². The van der Waals surface area contributed by atoms with Gasteiger partial charge in [0, 0.05) is 19.1 Å². The Morgan fingerprint density at radius 1 is 1.64 bits per heavy atom. The maximum atomic E-state index is 10.9. The highest BCUT2D eigenvalue weighted by molar-refractivity contribution is 5.73. The van der Waals surface area contributed by atoms with Crippen molar-refractivity contribution in [2.24, 2.45) is 11.1 Å². The number of carboxylic acid groups (broad SMARTS) is 1. The first-order valence-corrected chi connectivity index (χ1v) is 5.13. The minimum absolute atomic E-state index is 0.216. The Bertz CT molecular complexity index is 216. The third-order valence-electron chi connectivity index (χ3n) is 2.74. The largest absolute Gasteiger partial charge is 0.481 e. The molecule has 1 rings (SSSR count). The molecule has 3 N–H and O–H groups in total. The lowest BCUT2D eigenvalue weighted by molar-refractivity contribution is -0.148. The number of aliphatic carboxylic acids is 1. The highest BCUT2D eigenvalue weighted by Gasteiger charge is 2.31. The maximum Gasteiger partial charge on any atom is 0.310 e. The van der Waals surface area contributed by atoms with E-state index in [4.69, 9.17) is 10.8 Å². The third-order valence-corrected chi connectivity index (χ3v) is 2.74. The number of hydrogen-bond acceptors (Lipinski definition) is 3. The fourth-order valence-corrected chi connectivity index (χ4v) is 1.86. The van der Waals surface area contributed by atoms with Gasteiger partial charge in [-0.05, 0) is 33.2 Å². The van der Waals surface area contributed by atoms with E-state index >= 15 is 0 Å². The summed E-state index contributed by atoms with van der Waals surface area (Å²) < 4.78 is 0. The molecule has 1 fully saturated rings. The molecular weight excluding hydrogens is 180 g/mol. The Hall–Kier alpha value is -0.610. The summed E-state index contributed by atoms with van der Waals surface area (Å²) in [5.41, 5.74) is 5.16. The van der Waals surface area contributed by atoms with E-state index in [0.717, 1.165) is 25.9 Å². The Morgan fingerprint density at radius 3 is 2.79 bits per heavy atom. The second kappa shape index (κ2) is 4.28. The van der Waals surface area contributed by atoms with E-state index in [1.807, 2.05) is 0 Å². The Kier molecular flexibility index (Phi) is 3.50. The smallest absolute Gasteiger partial charge is 0.310 e. The van der Waals surface area contributed by atoms with E-state index in [1.165, 1.54) is 0 Å². The van der Waals surface area contributed by atoms with Crippen LogP contribution in [0.5, 0.6) is 0 Å². The van der Waals surface area contributed by atoms with Crippen molar-refractivity contribution in [3.05, 3.63) is 0 Å². The molecule has 14 heavy (non-hydrogen) atoms. The average Bonchev–Trinajstić information content (AvgIpc) is 2.02. The standard InChI is InChI=1S/C10H20N2O2/c1-10(2,9(13)14)7-12-5-3-4-8(11)6-12/h8H,3-7,11H2,1-2H3,(H,13,14). The molecular formula is C10H20N2O2. The molecule has 1 aliphatic heterocycles. The Labute approximate surface area is 85.1 Å². The van der Waals surface area contributed by atoms with Crippen molar-refractivity contribution in [2.75, 3.05) is 19.6 Å². The minimum atomic E-state index is -0.739. The van der Waals surface area contributed by atoms with Gasteiger partial charge in [0.05, 0.1) is 5.41 Å². The molecule has 1 atom stereocenters. The van der Waals surface area contributed by atoms with Gasteiger partial charge in [-0.15, -0.1) is 0 Å². The van der Waals surface area contributed by atoms with E-state index in [2.05, 4.69) is 4.90 Å². The lowest BCUT2D eigenvalue weighted by Gasteiger charge is -2.34. The molecule has 82 valence electrons. The zero-order valence-corrected chi connectivity index (χ0v) is 8.99. The van der Waals surface area contributed by atoms with Gasteiger partial charge in [0.25, 0.3) is 0 Å². The molecule has 0 aromatic rings. The van der Waals surface area contributed by atoms with Gasteiger partial charge in [0.1, 0.15) is 0 Å². The van der Waals surface area contributed by atoms with Crippen LogP contribution in [-0.4, -0.2) is 41.7 Å². The second-order valence-corrected chi connectivity index (χ2v) is 4.83. The quantitative estimate of drug-likeness (QED) is 0.697. The van der Waals surface area contributed by atoms with Crippen LogP contribution in [0.4, 0.5) is 0 Å². The lowest BCUT2D eigenvalue weighted by atomic mass is 9.92. The van der Waals surface area contributed by atoms with Crippen molar-refractivity contribution < 1.29 is 9.90 Å². The van der Waals surface area contributed by atoms with Crippen LogP contribution in [0.2, 0.25) is 0 Å². The van der Waals surface area contributed by atoms with Gasteiger partial charge in [-0.2, -0.15) is 0 Å². The molecule has 1 unspecified atom stereocenters. The molecule has 0 radical (unpaired) electrons. The van der Waals surface area contributed by atoms with Crippen LogP contribution < -0.4 is 5.73 Å². The third kappa shape index (κ3) is 2.96. The van der Waals surface area contributed by atoms with Crippen molar-refractivity contribution in [2.45, 2.75) is 32.7 Å². The fraction of sp³-hybridized carbons (Fsp3) is 0.900. The molecule has 0 aromatic carbocycles. The number of nitrogens with two attached hydrogens (primary N) is 1. The lowest BCUT2D eigenvalue weighted by Crippen LogP contribution is -2.47. The molecule has 0 spiro atoms. The molecule has 0 aromatic heterocycles. The fourth-order valence-electron chi connectivity index (χ4n) is 1.86. The van der Waals surface area contributed by atoms with E-state index < -0.39 is 11.4 Å². The summed E-state index contributed by atoms with van der Waals surface area (Å²) in [6, 6.07) is 0.216. The first kappa shape index (κ1) is 11.5. The molecule has 0 bridgehead atoms. The average molecular weight is 200 g/mol. The Morgan fingerprint density at radius 2 is 2.29 bits per heavy atom. The number of piperidine rings is 1. The molecule has 0 saturated carbocycles. The van der Waals surface area contributed by atoms with Crippen LogP contribution in [0.1, 0.15) is 26.7 Å². The summed E-state index contributed by atoms with van der Waals surface area (Å²) in [4.78, 5) is 13.1. The van der Waals surface area contributed by atoms with Gasteiger partial charge >= 0.3 is 5.97 Å². The SMILES string of the molecule is CC(C)(CN1CCCC(N)C1)C(=O)O. The number of carbonyl (C=O) groups is 1. The van der Waals surface area contributed by atoms with Crippen LogP contribution in [0.3, 0.4) is 0 Å². The number of rotatable bonds is 3. The van der Waals surface area contributed by atoms with Crippen molar-refractivity contribution in [3.63, 3.8) is 0 Å². The molecule has 1 saturated heterocycles.